The summed E-state index contributed by atoms with van der Waals surface area (Å²) in [6.45, 7) is 9.62. The van der Waals surface area contributed by atoms with Gasteiger partial charge in [-0.15, -0.1) is 11.3 Å². The van der Waals surface area contributed by atoms with Crippen LogP contribution in [0, 0.1) is 0 Å². The number of aromatic carboxylic acids is 1. The highest BCUT2D eigenvalue weighted by Gasteiger charge is 2.26. The second-order valence-corrected chi connectivity index (χ2v) is 6.10. The lowest BCUT2D eigenvalue weighted by Crippen LogP contribution is -2.17. The van der Waals surface area contributed by atoms with Crippen LogP contribution in [0.5, 0.6) is 0 Å². The van der Waals surface area contributed by atoms with Crippen molar-refractivity contribution in [2.24, 2.45) is 0 Å². The van der Waals surface area contributed by atoms with Gasteiger partial charge < -0.3 is 10.4 Å². The molecule has 0 aliphatic rings. The van der Waals surface area contributed by atoms with Gasteiger partial charge in [-0.3, -0.25) is 0 Å². The van der Waals surface area contributed by atoms with Gasteiger partial charge in [-0.25, -0.2) is 9.78 Å². The molecule has 0 amide bonds. The van der Waals surface area contributed by atoms with Crippen molar-refractivity contribution < 1.29 is 9.90 Å². The van der Waals surface area contributed by atoms with Gasteiger partial charge in [0.05, 0.1) is 5.69 Å². The molecular weight excluding hydrogens is 236 g/mol. The van der Waals surface area contributed by atoms with Crippen LogP contribution in [-0.4, -0.2) is 22.6 Å². The Morgan fingerprint density at radius 1 is 1.47 bits per heavy atom. The first kappa shape index (κ1) is 14.1. The molecule has 1 rings (SSSR count). The fourth-order valence-electron chi connectivity index (χ4n) is 1.47. The Morgan fingerprint density at radius 2 is 2.12 bits per heavy atom. The van der Waals surface area contributed by atoms with Gasteiger partial charge in [0.15, 0.2) is 0 Å². The van der Waals surface area contributed by atoms with Crippen LogP contribution >= 0.6 is 11.3 Å². The molecule has 0 atom stereocenters. The quantitative estimate of drug-likeness (QED) is 0.795. The number of nitrogens with one attached hydrogen (secondary N) is 1. The van der Waals surface area contributed by atoms with Crippen molar-refractivity contribution in [2.75, 3.05) is 6.54 Å². The first-order chi connectivity index (χ1) is 7.86. The van der Waals surface area contributed by atoms with Crippen molar-refractivity contribution in [3.63, 3.8) is 0 Å². The molecule has 2 N–H and O–H groups in total. The maximum absolute atomic E-state index is 11.2. The van der Waals surface area contributed by atoms with Crippen LogP contribution in [-0.2, 0) is 12.0 Å². The SMILES string of the molecule is CCCNCc1nc(C(C)(C)C)c(C(=O)O)s1. The Balaban J connectivity index is 2.93. The third kappa shape index (κ3) is 3.78. The molecule has 96 valence electrons. The van der Waals surface area contributed by atoms with Gasteiger partial charge >= 0.3 is 5.97 Å². The highest BCUT2D eigenvalue weighted by atomic mass is 32.1. The van der Waals surface area contributed by atoms with Crippen molar-refractivity contribution in [1.82, 2.24) is 10.3 Å². The molecule has 5 heteroatoms. The van der Waals surface area contributed by atoms with E-state index >= 15 is 0 Å². The minimum absolute atomic E-state index is 0.229. The number of carboxylic acid groups (broad SMARTS) is 1. The van der Waals surface area contributed by atoms with E-state index in [1.165, 1.54) is 11.3 Å². The summed E-state index contributed by atoms with van der Waals surface area (Å²) in [5.41, 5.74) is 0.455. The van der Waals surface area contributed by atoms with E-state index < -0.39 is 5.97 Å². The summed E-state index contributed by atoms with van der Waals surface area (Å²) in [5.74, 6) is -0.880. The van der Waals surface area contributed by atoms with Gasteiger partial charge in [0, 0.05) is 12.0 Å². The predicted molar refractivity (Wildman–Crippen MR) is 69.8 cm³/mol. The number of carbonyl (C=O) groups is 1. The van der Waals surface area contributed by atoms with Crippen molar-refractivity contribution in [1.29, 1.82) is 0 Å². The van der Waals surface area contributed by atoms with E-state index in [1.807, 2.05) is 20.8 Å². The lowest BCUT2D eigenvalue weighted by atomic mass is 9.91. The standard InChI is InChI=1S/C12H20N2O2S/c1-5-6-13-7-8-14-10(12(2,3)4)9(17-8)11(15)16/h13H,5-7H2,1-4H3,(H,15,16). The van der Waals surface area contributed by atoms with Gasteiger partial charge in [0.1, 0.15) is 9.88 Å². The zero-order valence-electron chi connectivity index (χ0n) is 10.8. The molecule has 0 spiro atoms. The van der Waals surface area contributed by atoms with Crippen LogP contribution in [0.2, 0.25) is 0 Å². The van der Waals surface area contributed by atoms with Crippen molar-refractivity contribution >= 4 is 17.3 Å². The highest BCUT2D eigenvalue weighted by Crippen LogP contribution is 2.29. The van der Waals surface area contributed by atoms with E-state index in [1.54, 1.807) is 0 Å². The fourth-order valence-corrected chi connectivity index (χ4v) is 2.55. The van der Waals surface area contributed by atoms with E-state index in [0.717, 1.165) is 18.0 Å². The Labute approximate surface area is 106 Å². The number of thiazole rings is 1. The molecule has 0 bridgehead atoms. The van der Waals surface area contributed by atoms with Crippen LogP contribution in [0.15, 0.2) is 0 Å². The maximum Gasteiger partial charge on any atom is 0.347 e. The third-order valence-electron chi connectivity index (χ3n) is 2.28. The van der Waals surface area contributed by atoms with Crippen LogP contribution < -0.4 is 5.32 Å². The van der Waals surface area contributed by atoms with Crippen LogP contribution in [0.25, 0.3) is 0 Å². The van der Waals surface area contributed by atoms with Crippen molar-refractivity contribution in [2.45, 2.75) is 46.1 Å². The minimum Gasteiger partial charge on any atom is -0.477 e. The molecular formula is C12H20N2O2S. The maximum atomic E-state index is 11.2. The number of aromatic nitrogens is 1. The summed E-state index contributed by atoms with van der Waals surface area (Å²) in [5, 5.41) is 13.2. The third-order valence-corrected chi connectivity index (χ3v) is 3.32. The fraction of sp³-hybridized carbons (Fsp3) is 0.667. The number of hydrogen-bond donors (Lipinski definition) is 2. The van der Waals surface area contributed by atoms with Gasteiger partial charge in [-0.1, -0.05) is 27.7 Å². The molecule has 1 heterocycles. The normalized spacial score (nSPS) is 11.8. The Bertz CT molecular complexity index is 394. The zero-order chi connectivity index (χ0) is 13.1. The van der Waals surface area contributed by atoms with Crippen LogP contribution in [0.3, 0.4) is 0 Å². The molecule has 0 aliphatic heterocycles. The number of carboxylic acids is 1. The largest absolute Gasteiger partial charge is 0.477 e. The second kappa shape index (κ2) is 5.60. The van der Waals surface area contributed by atoms with E-state index in [4.69, 9.17) is 5.11 Å². The van der Waals surface area contributed by atoms with Gasteiger partial charge in [0.2, 0.25) is 0 Å². The van der Waals surface area contributed by atoms with Crippen molar-refractivity contribution in [3.8, 4) is 0 Å². The minimum atomic E-state index is -0.880. The second-order valence-electron chi connectivity index (χ2n) is 5.02. The molecule has 0 aliphatic carbocycles. The molecule has 0 radical (unpaired) electrons. The average molecular weight is 256 g/mol. The molecule has 0 aromatic carbocycles. The Hall–Kier alpha value is -0.940. The smallest absolute Gasteiger partial charge is 0.347 e. The lowest BCUT2D eigenvalue weighted by molar-refractivity contribution is 0.0699. The Kier molecular flexibility index (Phi) is 4.65. The van der Waals surface area contributed by atoms with Crippen LogP contribution in [0.1, 0.15) is 54.5 Å². The molecule has 1 aromatic rings. The topological polar surface area (TPSA) is 62.2 Å². The van der Waals surface area contributed by atoms with Crippen molar-refractivity contribution in [3.05, 3.63) is 15.6 Å². The lowest BCUT2D eigenvalue weighted by Gasteiger charge is -2.16. The van der Waals surface area contributed by atoms with Gasteiger partial charge in [-0.2, -0.15) is 0 Å². The highest BCUT2D eigenvalue weighted by molar-refractivity contribution is 7.13. The van der Waals surface area contributed by atoms with E-state index in [9.17, 15) is 4.79 Å². The van der Waals surface area contributed by atoms with E-state index in [0.29, 0.717) is 17.1 Å². The summed E-state index contributed by atoms with van der Waals surface area (Å²) in [6, 6.07) is 0. The Morgan fingerprint density at radius 3 is 2.53 bits per heavy atom. The number of rotatable bonds is 5. The molecule has 1 aromatic heterocycles. The summed E-state index contributed by atoms with van der Waals surface area (Å²) in [7, 11) is 0. The molecule has 0 fully saturated rings. The first-order valence-corrected chi connectivity index (χ1v) is 6.62. The first-order valence-electron chi connectivity index (χ1n) is 5.80. The molecule has 17 heavy (non-hydrogen) atoms. The molecule has 0 saturated heterocycles. The summed E-state index contributed by atoms with van der Waals surface area (Å²) in [6.07, 6.45) is 1.06. The molecule has 4 nitrogen and oxygen atoms in total. The number of nitrogens with zero attached hydrogens (tertiary/aromatic N) is 1. The summed E-state index contributed by atoms with van der Waals surface area (Å²) >= 11 is 1.27. The summed E-state index contributed by atoms with van der Waals surface area (Å²) < 4.78 is 0. The predicted octanol–water partition coefficient (Wildman–Crippen LogP) is 2.64. The monoisotopic (exact) mass is 256 g/mol. The van der Waals surface area contributed by atoms with Gasteiger partial charge in [0.25, 0.3) is 0 Å². The number of hydrogen-bond acceptors (Lipinski definition) is 4. The zero-order valence-corrected chi connectivity index (χ0v) is 11.6. The average Bonchev–Trinajstić information content (AvgIpc) is 2.62. The van der Waals surface area contributed by atoms with E-state index in [-0.39, 0.29) is 5.41 Å². The van der Waals surface area contributed by atoms with Gasteiger partial charge in [-0.05, 0) is 13.0 Å². The van der Waals surface area contributed by atoms with E-state index in [2.05, 4.69) is 17.2 Å². The molecule has 0 unspecified atom stereocenters. The summed E-state index contributed by atoms with van der Waals surface area (Å²) in [4.78, 5) is 16.0. The van der Waals surface area contributed by atoms with Crippen LogP contribution in [0.4, 0.5) is 0 Å². The molecule has 0 saturated carbocycles.